The van der Waals surface area contributed by atoms with E-state index in [-0.39, 0.29) is 5.41 Å². The maximum Gasteiger partial charge on any atom is 0.0683 e. The third-order valence-electron chi connectivity index (χ3n) is 3.04. The topological polar surface area (TPSA) is 27.0 Å². The van der Waals surface area contributed by atoms with E-state index in [2.05, 4.69) is 42.3 Å². The molecule has 0 radical (unpaired) electrons. The second-order valence-electron chi connectivity index (χ2n) is 5.21. The Labute approximate surface area is 105 Å². The van der Waals surface area contributed by atoms with Gasteiger partial charge in [-0.2, -0.15) is 5.26 Å². The highest BCUT2D eigenvalue weighted by molar-refractivity contribution is 5.44. The highest BCUT2D eigenvalue weighted by atomic mass is 15.1. The van der Waals surface area contributed by atoms with Crippen LogP contribution < -0.4 is 4.90 Å². The molecule has 17 heavy (non-hydrogen) atoms. The summed E-state index contributed by atoms with van der Waals surface area (Å²) in [6.07, 6.45) is 3.22. The summed E-state index contributed by atoms with van der Waals surface area (Å²) >= 11 is 0. The van der Waals surface area contributed by atoms with Crippen LogP contribution in [0.1, 0.15) is 33.1 Å². The van der Waals surface area contributed by atoms with Crippen molar-refractivity contribution in [1.82, 2.24) is 0 Å². The fourth-order valence-electron chi connectivity index (χ4n) is 1.78. The highest BCUT2D eigenvalue weighted by Gasteiger charge is 2.15. The second kappa shape index (κ2) is 6.30. The van der Waals surface area contributed by atoms with Crippen LogP contribution in [0.25, 0.3) is 0 Å². The third-order valence-corrected chi connectivity index (χ3v) is 3.04. The monoisotopic (exact) mass is 230 g/mol. The van der Waals surface area contributed by atoms with Gasteiger partial charge in [-0.05, 0) is 38.8 Å². The molecule has 1 rings (SSSR count). The summed E-state index contributed by atoms with van der Waals surface area (Å²) in [5, 5.41) is 8.92. The van der Waals surface area contributed by atoms with Crippen LogP contribution in [-0.2, 0) is 0 Å². The molecule has 0 aliphatic carbocycles. The average Bonchev–Trinajstić information content (AvgIpc) is 2.35. The number of benzene rings is 1. The van der Waals surface area contributed by atoms with E-state index in [0.717, 1.165) is 25.8 Å². The van der Waals surface area contributed by atoms with Crippen molar-refractivity contribution in [1.29, 1.82) is 5.26 Å². The Kier molecular flexibility index (Phi) is 5.03. The van der Waals surface area contributed by atoms with Crippen LogP contribution in [0.4, 0.5) is 5.69 Å². The van der Waals surface area contributed by atoms with Crippen LogP contribution in [0, 0.1) is 16.7 Å². The van der Waals surface area contributed by atoms with E-state index in [1.165, 1.54) is 5.69 Å². The van der Waals surface area contributed by atoms with Gasteiger partial charge in [-0.3, -0.25) is 0 Å². The molecule has 0 atom stereocenters. The van der Waals surface area contributed by atoms with Gasteiger partial charge in [0.25, 0.3) is 0 Å². The van der Waals surface area contributed by atoms with E-state index in [4.69, 9.17) is 5.26 Å². The Balaban J connectivity index is 2.26. The van der Waals surface area contributed by atoms with E-state index < -0.39 is 0 Å². The predicted octanol–water partition coefficient (Wildman–Crippen LogP) is 3.84. The van der Waals surface area contributed by atoms with Crippen LogP contribution in [0.2, 0.25) is 0 Å². The lowest BCUT2D eigenvalue weighted by Gasteiger charge is -2.20. The fourth-order valence-corrected chi connectivity index (χ4v) is 1.78. The molecular formula is C15H22N2. The minimum Gasteiger partial charge on any atom is -0.375 e. The van der Waals surface area contributed by atoms with Crippen molar-refractivity contribution in [3.05, 3.63) is 30.3 Å². The Bertz CT molecular complexity index is 362. The molecule has 0 amide bonds. The van der Waals surface area contributed by atoms with Gasteiger partial charge in [0, 0.05) is 19.3 Å². The lowest BCUT2D eigenvalue weighted by molar-refractivity contribution is 0.427. The molecule has 2 nitrogen and oxygen atoms in total. The molecule has 1 aromatic rings. The summed E-state index contributed by atoms with van der Waals surface area (Å²) in [7, 11) is 2.12. The summed E-state index contributed by atoms with van der Waals surface area (Å²) in [5.74, 6) is 0. The van der Waals surface area contributed by atoms with E-state index >= 15 is 0 Å². The van der Waals surface area contributed by atoms with Crippen LogP contribution in [0.15, 0.2) is 30.3 Å². The molecule has 0 spiro atoms. The first-order chi connectivity index (χ1) is 8.05. The number of para-hydroxylation sites is 1. The van der Waals surface area contributed by atoms with Crippen LogP contribution in [0.5, 0.6) is 0 Å². The first-order valence-electron chi connectivity index (χ1n) is 6.22. The zero-order valence-corrected chi connectivity index (χ0v) is 11.1. The highest BCUT2D eigenvalue weighted by Crippen LogP contribution is 2.22. The summed E-state index contributed by atoms with van der Waals surface area (Å²) in [6.45, 7) is 5.06. The smallest absolute Gasteiger partial charge is 0.0683 e. The molecule has 0 unspecified atom stereocenters. The normalized spacial score (nSPS) is 10.9. The number of anilines is 1. The van der Waals surface area contributed by atoms with E-state index in [1.54, 1.807) is 0 Å². The molecule has 92 valence electrons. The maximum absolute atomic E-state index is 8.92. The zero-order chi connectivity index (χ0) is 12.7. The maximum atomic E-state index is 8.92. The Morgan fingerprint density at radius 3 is 2.41 bits per heavy atom. The van der Waals surface area contributed by atoms with Crippen molar-refractivity contribution in [2.24, 2.45) is 5.41 Å². The van der Waals surface area contributed by atoms with Crippen molar-refractivity contribution in [3.63, 3.8) is 0 Å². The van der Waals surface area contributed by atoms with E-state index in [0.29, 0.717) is 0 Å². The Hall–Kier alpha value is -1.49. The third kappa shape index (κ3) is 4.91. The molecule has 0 aliphatic rings. The van der Waals surface area contributed by atoms with Gasteiger partial charge in [0.15, 0.2) is 0 Å². The van der Waals surface area contributed by atoms with Crippen LogP contribution >= 0.6 is 0 Å². The summed E-state index contributed by atoms with van der Waals surface area (Å²) < 4.78 is 0. The standard InChI is InChI=1S/C15H22N2/c1-15(2,13-16)11-7-8-12-17(3)14-9-5-4-6-10-14/h4-6,9-10H,7-8,11-12H2,1-3H3. The van der Waals surface area contributed by atoms with Crippen molar-refractivity contribution < 1.29 is 0 Å². The molecule has 0 N–H and O–H groups in total. The fraction of sp³-hybridized carbons (Fsp3) is 0.533. The Morgan fingerprint density at radius 2 is 1.82 bits per heavy atom. The van der Waals surface area contributed by atoms with Crippen molar-refractivity contribution >= 4 is 5.69 Å². The van der Waals surface area contributed by atoms with Gasteiger partial charge in [0.1, 0.15) is 0 Å². The van der Waals surface area contributed by atoms with Gasteiger partial charge in [0.2, 0.25) is 0 Å². The van der Waals surface area contributed by atoms with Crippen LogP contribution in [0.3, 0.4) is 0 Å². The van der Waals surface area contributed by atoms with Crippen molar-refractivity contribution in [3.8, 4) is 6.07 Å². The molecule has 0 saturated heterocycles. The summed E-state index contributed by atoms with van der Waals surface area (Å²) in [5.41, 5.74) is 1.08. The molecule has 0 aromatic heterocycles. The number of unbranched alkanes of at least 4 members (excludes halogenated alkanes) is 1. The van der Waals surface area contributed by atoms with Gasteiger partial charge >= 0.3 is 0 Å². The van der Waals surface area contributed by atoms with Crippen molar-refractivity contribution in [2.45, 2.75) is 33.1 Å². The van der Waals surface area contributed by atoms with Gasteiger partial charge in [-0.15, -0.1) is 0 Å². The zero-order valence-electron chi connectivity index (χ0n) is 11.1. The minimum absolute atomic E-state index is 0.175. The number of hydrogen-bond donors (Lipinski definition) is 0. The van der Waals surface area contributed by atoms with Crippen LogP contribution in [-0.4, -0.2) is 13.6 Å². The first kappa shape index (κ1) is 13.6. The molecule has 2 heteroatoms. The molecular weight excluding hydrogens is 208 g/mol. The van der Waals surface area contributed by atoms with Gasteiger partial charge in [-0.25, -0.2) is 0 Å². The molecule has 0 saturated carbocycles. The number of nitrogens with zero attached hydrogens (tertiary/aromatic N) is 2. The van der Waals surface area contributed by atoms with E-state index in [1.807, 2.05) is 19.9 Å². The average molecular weight is 230 g/mol. The van der Waals surface area contributed by atoms with Gasteiger partial charge in [-0.1, -0.05) is 24.6 Å². The van der Waals surface area contributed by atoms with E-state index in [9.17, 15) is 0 Å². The molecule has 0 heterocycles. The Morgan fingerprint density at radius 1 is 1.18 bits per heavy atom. The molecule has 0 fully saturated rings. The lowest BCUT2D eigenvalue weighted by atomic mass is 9.89. The van der Waals surface area contributed by atoms with Crippen molar-refractivity contribution in [2.75, 3.05) is 18.5 Å². The van der Waals surface area contributed by atoms with Gasteiger partial charge < -0.3 is 4.90 Å². The minimum atomic E-state index is -0.175. The first-order valence-corrected chi connectivity index (χ1v) is 6.22. The number of rotatable bonds is 6. The SMILES string of the molecule is CN(CCCCC(C)(C)C#N)c1ccccc1. The molecule has 0 aliphatic heterocycles. The molecule has 0 bridgehead atoms. The number of nitriles is 1. The number of hydrogen-bond acceptors (Lipinski definition) is 2. The largest absolute Gasteiger partial charge is 0.375 e. The summed E-state index contributed by atoms with van der Waals surface area (Å²) in [6, 6.07) is 12.8. The lowest BCUT2D eigenvalue weighted by Crippen LogP contribution is -2.18. The second-order valence-corrected chi connectivity index (χ2v) is 5.21. The van der Waals surface area contributed by atoms with Gasteiger partial charge in [0.05, 0.1) is 11.5 Å². The molecule has 1 aromatic carbocycles. The quantitative estimate of drug-likeness (QED) is 0.694. The predicted molar refractivity (Wildman–Crippen MR) is 73.0 cm³/mol. The summed E-state index contributed by atoms with van der Waals surface area (Å²) in [4.78, 5) is 2.26.